The Balaban J connectivity index is 2.40. The molecule has 0 aliphatic carbocycles. The monoisotopic (exact) mass is 307 g/mol. The maximum atomic E-state index is 13.8. The van der Waals surface area contributed by atoms with Crippen LogP contribution >= 0.6 is 15.9 Å². The number of morpholine rings is 1. The first kappa shape index (κ1) is 12.7. The van der Waals surface area contributed by atoms with Crippen molar-refractivity contribution < 1.29 is 18.3 Å². The first-order valence-corrected chi connectivity index (χ1v) is 5.98. The van der Waals surface area contributed by atoms with Crippen LogP contribution in [-0.4, -0.2) is 26.8 Å². The summed E-state index contributed by atoms with van der Waals surface area (Å²) in [5, 5.41) is 3.07. The van der Waals surface area contributed by atoms with Crippen molar-refractivity contribution in [3.63, 3.8) is 0 Å². The SMILES string of the molecule is COc1c(Br)cc(C2CNCCO2)c(F)c1F. The molecule has 0 spiro atoms. The Morgan fingerprint density at radius 1 is 1.47 bits per heavy atom. The van der Waals surface area contributed by atoms with Crippen LogP contribution in [0.4, 0.5) is 8.78 Å². The molecule has 1 unspecified atom stereocenters. The van der Waals surface area contributed by atoms with E-state index < -0.39 is 17.7 Å². The third-order valence-corrected chi connectivity index (χ3v) is 3.21. The molecule has 1 heterocycles. The van der Waals surface area contributed by atoms with Crippen LogP contribution in [-0.2, 0) is 4.74 Å². The van der Waals surface area contributed by atoms with E-state index in [1.54, 1.807) is 0 Å². The second-order valence-corrected chi connectivity index (χ2v) is 4.53. The van der Waals surface area contributed by atoms with Gasteiger partial charge in [0.1, 0.15) is 0 Å². The molecule has 17 heavy (non-hydrogen) atoms. The Morgan fingerprint density at radius 3 is 2.82 bits per heavy atom. The summed E-state index contributed by atoms with van der Waals surface area (Å²) >= 11 is 3.15. The second-order valence-electron chi connectivity index (χ2n) is 3.67. The average molecular weight is 308 g/mol. The Bertz CT molecular complexity index is 422. The molecule has 1 aromatic carbocycles. The molecular formula is C11H12BrF2NO2. The zero-order valence-corrected chi connectivity index (χ0v) is 10.8. The molecule has 3 nitrogen and oxygen atoms in total. The van der Waals surface area contributed by atoms with E-state index in [9.17, 15) is 8.78 Å². The fraction of sp³-hybridized carbons (Fsp3) is 0.455. The van der Waals surface area contributed by atoms with Gasteiger partial charge in [-0.15, -0.1) is 0 Å². The normalized spacial score (nSPS) is 20.4. The van der Waals surface area contributed by atoms with Crippen LogP contribution < -0.4 is 10.1 Å². The van der Waals surface area contributed by atoms with Crippen molar-refractivity contribution in [3.8, 4) is 5.75 Å². The molecule has 0 radical (unpaired) electrons. The smallest absolute Gasteiger partial charge is 0.202 e. The summed E-state index contributed by atoms with van der Waals surface area (Å²) < 4.78 is 38.1. The van der Waals surface area contributed by atoms with E-state index in [1.165, 1.54) is 13.2 Å². The van der Waals surface area contributed by atoms with Gasteiger partial charge >= 0.3 is 0 Å². The second kappa shape index (κ2) is 5.29. The summed E-state index contributed by atoms with van der Waals surface area (Å²) in [6.07, 6.45) is -0.472. The van der Waals surface area contributed by atoms with E-state index in [2.05, 4.69) is 21.2 Å². The Morgan fingerprint density at radius 2 is 2.24 bits per heavy atom. The molecule has 6 heteroatoms. The molecule has 1 fully saturated rings. The quantitative estimate of drug-likeness (QED) is 0.851. The number of hydrogen-bond acceptors (Lipinski definition) is 3. The van der Waals surface area contributed by atoms with Crippen LogP contribution in [0.15, 0.2) is 10.5 Å². The minimum absolute atomic E-state index is 0.130. The van der Waals surface area contributed by atoms with Gasteiger partial charge in [0.2, 0.25) is 5.82 Å². The lowest BCUT2D eigenvalue weighted by Gasteiger charge is -2.25. The summed E-state index contributed by atoms with van der Waals surface area (Å²) in [6.45, 7) is 1.67. The number of halogens is 3. The van der Waals surface area contributed by atoms with Crippen LogP contribution in [0, 0.1) is 11.6 Å². The van der Waals surface area contributed by atoms with Gasteiger partial charge in [0, 0.05) is 18.7 Å². The summed E-state index contributed by atoms with van der Waals surface area (Å²) in [5.74, 6) is -2.04. The molecule has 1 N–H and O–H groups in total. The number of ether oxygens (including phenoxy) is 2. The maximum absolute atomic E-state index is 13.8. The van der Waals surface area contributed by atoms with Gasteiger partial charge < -0.3 is 14.8 Å². The van der Waals surface area contributed by atoms with Crippen molar-refractivity contribution in [1.82, 2.24) is 5.32 Å². The van der Waals surface area contributed by atoms with Gasteiger partial charge in [0.25, 0.3) is 0 Å². The highest BCUT2D eigenvalue weighted by atomic mass is 79.9. The fourth-order valence-corrected chi connectivity index (χ4v) is 2.37. The number of benzene rings is 1. The highest BCUT2D eigenvalue weighted by molar-refractivity contribution is 9.10. The Hall–Kier alpha value is -0.720. The van der Waals surface area contributed by atoms with Crippen LogP contribution in [0.3, 0.4) is 0 Å². The molecule has 0 bridgehead atoms. The maximum Gasteiger partial charge on any atom is 0.202 e. The number of rotatable bonds is 2. The van der Waals surface area contributed by atoms with Crippen molar-refractivity contribution in [3.05, 3.63) is 27.7 Å². The third kappa shape index (κ3) is 2.43. The summed E-state index contributed by atoms with van der Waals surface area (Å²) in [7, 11) is 1.29. The Labute approximate surface area is 106 Å². The van der Waals surface area contributed by atoms with E-state index in [4.69, 9.17) is 9.47 Å². The molecule has 1 saturated heterocycles. The van der Waals surface area contributed by atoms with Crippen LogP contribution in [0.5, 0.6) is 5.75 Å². The van der Waals surface area contributed by atoms with Gasteiger partial charge in [0.15, 0.2) is 11.6 Å². The summed E-state index contributed by atoms with van der Waals surface area (Å²) in [4.78, 5) is 0. The van der Waals surface area contributed by atoms with Crippen LogP contribution in [0.1, 0.15) is 11.7 Å². The molecule has 1 aliphatic rings. The topological polar surface area (TPSA) is 30.5 Å². The minimum atomic E-state index is -0.994. The lowest BCUT2D eigenvalue weighted by atomic mass is 10.1. The minimum Gasteiger partial charge on any atom is -0.492 e. The lowest BCUT2D eigenvalue weighted by Crippen LogP contribution is -2.33. The van der Waals surface area contributed by atoms with Crippen molar-refractivity contribution >= 4 is 15.9 Å². The van der Waals surface area contributed by atoms with Crippen molar-refractivity contribution in [2.75, 3.05) is 26.8 Å². The molecule has 0 saturated carbocycles. The molecule has 1 atom stereocenters. The Kier molecular flexibility index (Phi) is 3.96. The molecule has 0 amide bonds. The number of nitrogens with one attached hydrogen (secondary N) is 1. The third-order valence-electron chi connectivity index (χ3n) is 2.62. The van der Waals surface area contributed by atoms with Crippen LogP contribution in [0.2, 0.25) is 0 Å². The van der Waals surface area contributed by atoms with E-state index in [1.807, 2.05) is 0 Å². The summed E-state index contributed by atoms with van der Waals surface area (Å²) in [6, 6.07) is 1.49. The largest absolute Gasteiger partial charge is 0.492 e. The van der Waals surface area contributed by atoms with E-state index in [-0.39, 0.29) is 11.3 Å². The van der Waals surface area contributed by atoms with Crippen molar-refractivity contribution in [2.24, 2.45) is 0 Å². The number of hydrogen-bond donors (Lipinski definition) is 1. The molecule has 94 valence electrons. The van der Waals surface area contributed by atoms with E-state index in [0.29, 0.717) is 17.6 Å². The van der Waals surface area contributed by atoms with Gasteiger partial charge in [-0.1, -0.05) is 0 Å². The molecule has 1 aliphatic heterocycles. The first-order valence-electron chi connectivity index (χ1n) is 5.19. The standard InChI is InChI=1S/C11H12BrF2NO2/c1-16-11-7(12)4-6(9(13)10(11)14)8-5-15-2-3-17-8/h4,8,15H,2-3,5H2,1H3. The molecule has 1 aromatic rings. The first-order chi connectivity index (χ1) is 8.15. The van der Waals surface area contributed by atoms with E-state index in [0.717, 1.165) is 6.54 Å². The van der Waals surface area contributed by atoms with Gasteiger partial charge in [-0.2, -0.15) is 4.39 Å². The van der Waals surface area contributed by atoms with Gasteiger partial charge in [-0.25, -0.2) is 4.39 Å². The van der Waals surface area contributed by atoms with Gasteiger partial charge in [0.05, 0.1) is 24.3 Å². The number of methoxy groups -OCH3 is 1. The van der Waals surface area contributed by atoms with Gasteiger partial charge in [-0.05, 0) is 22.0 Å². The fourth-order valence-electron chi connectivity index (χ4n) is 1.78. The van der Waals surface area contributed by atoms with Crippen LogP contribution in [0.25, 0.3) is 0 Å². The zero-order chi connectivity index (χ0) is 12.4. The zero-order valence-electron chi connectivity index (χ0n) is 9.23. The highest BCUT2D eigenvalue weighted by Crippen LogP contribution is 2.35. The molecule has 0 aromatic heterocycles. The van der Waals surface area contributed by atoms with Crippen molar-refractivity contribution in [1.29, 1.82) is 0 Å². The van der Waals surface area contributed by atoms with Crippen molar-refractivity contribution in [2.45, 2.75) is 6.10 Å². The predicted molar refractivity (Wildman–Crippen MR) is 62.2 cm³/mol. The summed E-state index contributed by atoms with van der Waals surface area (Å²) in [5.41, 5.74) is 0.197. The molecule has 2 rings (SSSR count). The molecular weight excluding hydrogens is 296 g/mol. The predicted octanol–water partition coefficient (Wildman–Crippen LogP) is 2.40. The van der Waals surface area contributed by atoms with E-state index >= 15 is 0 Å². The average Bonchev–Trinajstić information content (AvgIpc) is 2.35. The van der Waals surface area contributed by atoms with Gasteiger partial charge in [-0.3, -0.25) is 0 Å². The lowest BCUT2D eigenvalue weighted by molar-refractivity contribution is 0.0250. The highest BCUT2D eigenvalue weighted by Gasteiger charge is 2.25.